The van der Waals surface area contributed by atoms with Crippen molar-refractivity contribution in [2.75, 3.05) is 71.9 Å². The Bertz CT molecular complexity index is 1680. The van der Waals surface area contributed by atoms with Crippen LogP contribution in [0.3, 0.4) is 0 Å². The van der Waals surface area contributed by atoms with Gasteiger partial charge in [-0.3, -0.25) is 4.90 Å². The summed E-state index contributed by atoms with van der Waals surface area (Å²) < 4.78 is 33.9. The third kappa shape index (κ3) is 8.56. The van der Waals surface area contributed by atoms with Crippen LogP contribution in [0.5, 0.6) is 34.6 Å². The average molecular weight is 658 g/mol. The predicted molar refractivity (Wildman–Crippen MR) is 185 cm³/mol. The van der Waals surface area contributed by atoms with E-state index in [1.54, 1.807) is 58.7 Å². The van der Waals surface area contributed by atoms with Crippen molar-refractivity contribution in [1.29, 1.82) is 0 Å². The number of benzene rings is 3. The fraction of sp³-hybridized carbons (Fsp3) is 0.361. The molecule has 12 heteroatoms. The highest BCUT2D eigenvalue weighted by molar-refractivity contribution is 5.91. The predicted octanol–water partition coefficient (Wildman–Crippen LogP) is 6.81. The molecule has 254 valence electrons. The summed E-state index contributed by atoms with van der Waals surface area (Å²) in [5.74, 6) is 2.96. The molecule has 0 radical (unpaired) electrons. The van der Waals surface area contributed by atoms with E-state index in [4.69, 9.17) is 33.4 Å². The van der Waals surface area contributed by atoms with E-state index >= 15 is 0 Å². The summed E-state index contributed by atoms with van der Waals surface area (Å²) in [7, 11) is 7.76. The van der Waals surface area contributed by atoms with Crippen LogP contribution in [0.15, 0.2) is 66.7 Å². The minimum Gasteiger partial charge on any atom is -0.497 e. The van der Waals surface area contributed by atoms with Gasteiger partial charge in [-0.25, -0.2) is 9.78 Å². The standard InChI is InChI=1S/C36H43N5O7/c1-40(30-23-26(43-2)16-17-31(30)44-3)36(42)48-33-24-29(28-14-10-15-32(45-4)34(28)46-5)38-35(39-33)37-25-12-9-13-27(22-25)47-21-11-20-41-18-7-6-8-19-41/h9-10,12-17,22-24H,6-8,11,18-21H2,1-5H3,(H,37,38,39). The second-order valence-electron chi connectivity index (χ2n) is 11.2. The van der Waals surface area contributed by atoms with E-state index in [0.29, 0.717) is 52.2 Å². The highest BCUT2D eigenvalue weighted by Gasteiger charge is 2.22. The van der Waals surface area contributed by atoms with Gasteiger partial charge < -0.3 is 38.6 Å². The number of nitrogens with one attached hydrogen (secondary N) is 1. The van der Waals surface area contributed by atoms with Gasteiger partial charge in [-0.1, -0.05) is 18.6 Å². The Labute approximate surface area is 281 Å². The number of anilines is 3. The third-order valence-corrected chi connectivity index (χ3v) is 8.02. The minimum absolute atomic E-state index is 0.0104. The van der Waals surface area contributed by atoms with Crippen LogP contribution in [0.25, 0.3) is 11.3 Å². The Morgan fingerprint density at radius 2 is 1.62 bits per heavy atom. The first-order valence-electron chi connectivity index (χ1n) is 15.9. The van der Waals surface area contributed by atoms with Crippen LogP contribution in [-0.4, -0.2) is 82.7 Å². The van der Waals surface area contributed by atoms with Crippen molar-refractivity contribution in [3.05, 3.63) is 66.7 Å². The van der Waals surface area contributed by atoms with Gasteiger partial charge in [0.15, 0.2) is 11.5 Å². The molecule has 1 aliphatic heterocycles. The molecule has 1 saturated heterocycles. The van der Waals surface area contributed by atoms with Crippen LogP contribution >= 0.6 is 0 Å². The van der Waals surface area contributed by atoms with Crippen molar-refractivity contribution < 1.29 is 33.2 Å². The fourth-order valence-corrected chi connectivity index (χ4v) is 5.53. The molecule has 4 aromatic rings. The first-order valence-corrected chi connectivity index (χ1v) is 15.9. The lowest BCUT2D eigenvalue weighted by Crippen LogP contribution is -2.31. The summed E-state index contributed by atoms with van der Waals surface area (Å²) in [6.07, 6.45) is 4.13. The molecule has 0 unspecified atom stereocenters. The summed E-state index contributed by atoms with van der Waals surface area (Å²) in [6, 6.07) is 19.7. The average Bonchev–Trinajstić information content (AvgIpc) is 3.12. The number of hydrogen-bond donors (Lipinski definition) is 1. The molecule has 0 bridgehead atoms. The van der Waals surface area contributed by atoms with Crippen molar-refractivity contribution in [3.63, 3.8) is 0 Å². The molecule has 3 aromatic carbocycles. The van der Waals surface area contributed by atoms with Gasteiger partial charge in [0.25, 0.3) is 0 Å². The molecule has 0 spiro atoms. The molecule has 12 nitrogen and oxygen atoms in total. The number of methoxy groups -OCH3 is 4. The normalized spacial score (nSPS) is 12.9. The summed E-state index contributed by atoms with van der Waals surface area (Å²) in [4.78, 5) is 26.6. The number of carbonyl (C=O) groups excluding carboxylic acids is 1. The van der Waals surface area contributed by atoms with Crippen molar-refractivity contribution in [2.45, 2.75) is 25.7 Å². The molecule has 48 heavy (non-hydrogen) atoms. The van der Waals surface area contributed by atoms with Gasteiger partial charge in [0.1, 0.15) is 17.2 Å². The molecule has 5 rings (SSSR count). The number of aromatic nitrogens is 2. The number of hydrogen-bond acceptors (Lipinski definition) is 11. The lowest BCUT2D eigenvalue weighted by atomic mass is 10.1. The van der Waals surface area contributed by atoms with Gasteiger partial charge in [-0.05, 0) is 68.8 Å². The van der Waals surface area contributed by atoms with Crippen LogP contribution in [0.2, 0.25) is 0 Å². The fourth-order valence-electron chi connectivity index (χ4n) is 5.53. The number of para-hydroxylation sites is 1. The second-order valence-corrected chi connectivity index (χ2v) is 11.2. The van der Waals surface area contributed by atoms with Crippen molar-refractivity contribution in [1.82, 2.24) is 14.9 Å². The molecule has 1 aliphatic rings. The van der Waals surface area contributed by atoms with Crippen LogP contribution in [0.1, 0.15) is 25.7 Å². The van der Waals surface area contributed by atoms with Gasteiger partial charge in [0.05, 0.1) is 46.4 Å². The largest absolute Gasteiger partial charge is 0.497 e. The molecular weight excluding hydrogens is 614 g/mol. The van der Waals surface area contributed by atoms with Gasteiger partial charge >= 0.3 is 6.09 Å². The van der Waals surface area contributed by atoms with E-state index in [1.165, 1.54) is 44.4 Å². The van der Waals surface area contributed by atoms with E-state index in [0.717, 1.165) is 18.7 Å². The van der Waals surface area contributed by atoms with Crippen molar-refractivity contribution in [3.8, 4) is 45.9 Å². The maximum absolute atomic E-state index is 13.5. The van der Waals surface area contributed by atoms with Crippen LogP contribution in [-0.2, 0) is 0 Å². The van der Waals surface area contributed by atoms with Crippen LogP contribution in [0, 0.1) is 0 Å². The highest BCUT2D eigenvalue weighted by atomic mass is 16.6. The van der Waals surface area contributed by atoms with Gasteiger partial charge in [0.2, 0.25) is 11.8 Å². The Kier molecular flexibility index (Phi) is 11.8. The summed E-state index contributed by atoms with van der Waals surface area (Å²) in [5, 5.41) is 3.25. The molecule has 0 aliphatic carbocycles. The Hall–Kier alpha value is -5.23. The molecular formula is C36H43N5O7. The SMILES string of the molecule is COc1ccc(OC)c(N(C)C(=O)Oc2cc(-c3cccc(OC)c3OC)nc(Nc3cccc(OCCCN4CCCCC4)c3)n2)c1. The molecule has 1 N–H and O–H groups in total. The van der Waals surface area contributed by atoms with Crippen LogP contribution < -0.4 is 38.6 Å². The number of nitrogens with zero attached hydrogens (tertiary/aromatic N) is 4. The van der Waals surface area contributed by atoms with E-state index in [2.05, 4.69) is 15.2 Å². The lowest BCUT2D eigenvalue weighted by Gasteiger charge is -2.26. The number of carbonyl (C=O) groups is 1. The number of rotatable bonds is 14. The molecule has 1 aromatic heterocycles. The van der Waals surface area contributed by atoms with Gasteiger partial charge in [-0.2, -0.15) is 4.98 Å². The monoisotopic (exact) mass is 657 g/mol. The first-order chi connectivity index (χ1) is 23.4. The summed E-state index contributed by atoms with van der Waals surface area (Å²) in [5.41, 5.74) is 2.22. The van der Waals surface area contributed by atoms with E-state index < -0.39 is 6.09 Å². The number of likely N-dealkylation sites (tertiary alicyclic amines) is 1. The Morgan fingerprint density at radius 3 is 2.38 bits per heavy atom. The zero-order valence-corrected chi connectivity index (χ0v) is 28.2. The lowest BCUT2D eigenvalue weighted by molar-refractivity contribution is 0.205. The van der Waals surface area contributed by atoms with Crippen molar-refractivity contribution >= 4 is 23.4 Å². The summed E-state index contributed by atoms with van der Waals surface area (Å²) in [6.45, 7) is 3.99. The number of amides is 1. The topological polar surface area (TPSA) is 117 Å². The maximum Gasteiger partial charge on any atom is 0.420 e. The zero-order valence-electron chi connectivity index (χ0n) is 28.2. The molecule has 2 heterocycles. The van der Waals surface area contributed by atoms with E-state index in [1.807, 2.05) is 36.4 Å². The number of ether oxygens (including phenoxy) is 6. The minimum atomic E-state index is -0.699. The highest BCUT2D eigenvalue weighted by Crippen LogP contribution is 2.39. The van der Waals surface area contributed by atoms with Gasteiger partial charge in [-0.15, -0.1) is 0 Å². The Morgan fingerprint density at radius 1 is 0.833 bits per heavy atom. The molecule has 1 amide bonds. The second kappa shape index (κ2) is 16.6. The molecule has 1 fully saturated rings. The quantitative estimate of drug-likeness (QED) is 0.144. The number of piperidine rings is 1. The maximum atomic E-state index is 13.5. The van der Waals surface area contributed by atoms with Gasteiger partial charge in [0, 0.05) is 43.0 Å². The Balaban J connectivity index is 1.39. The third-order valence-electron chi connectivity index (χ3n) is 8.02. The van der Waals surface area contributed by atoms with E-state index in [-0.39, 0.29) is 11.8 Å². The zero-order chi connectivity index (χ0) is 33.9. The van der Waals surface area contributed by atoms with E-state index in [9.17, 15) is 4.79 Å². The first kappa shape index (κ1) is 34.1. The smallest absolute Gasteiger partial charge is 0.420 e. The molecule has 0 atom stereocenters. The van der Waals surface area contributed by atoms with Crippen LogP contribution in [0.4, 0.5) is 22.1 Å². The van der Waals surface area contributed by atoms with Crippen molar-refractivity contribution in [2.24, 2.45) is 0 Å². The molecule has 0 saturated carbocycles. The summed E-state index contributed by atoms with van der Waals surface area (Å²) >= 11 is 0.